The Hall–Kier alpha value is -2.20. The number of benzene rings is 1. The molecule has 100 valence electrons. The van der Waals surface area contributed by atoms with E-state index in [-0.39, 0.29) is 0 Å². The summed E-state index contributed by atoms with van der Waals surface area (Å²) >= 11 is 1.51. The van der Waals surface area contributed by atoms with E-state index in [0.717, 1.165) is 21.7 Å². The Morgan fingerprint density at radius 3 is 2.40 bits per heavy atom. The maximum absolute atomic E-state index is 5.91. The van der Waals surface area contributed by atoms with Gasteiger partial charge in [-0.25, -0.2) is 4.98 Å². The lowest BCUT2D eigenvalue weighted by atomic mass is 10.0. The molecule has 3 nitrogen and oxygen atoms in total. The molecule has 0 aliphatic heterocycles. The average Bonchev–Trinajstić information content (AvgIpc) is 2.85. The highest BCUT2D eigenvalue weighted by molar-refractivity contribution is 7.19. The number of nitrogens with two attached hydrogens (primary N) is 1. The molecule has 0 radical (unpaired) electrons. The Morgan fingerprint density at radius 1 is 0.950 bits per heavy atom. The maximum Gasteiger partial charge on any atom is 0.181 e. The number of hydrogen-bond acceptors (Lipinski definition) is 4. The summed E-state index contributed by atoms with van der Waals surface area (Å²) in [5, 5.41) is 0.588. The highest BCUT2D eigenvalue weighted by Gasteiger charge is 2.14. The van der Waals surface area contributed by atoms with Crippen LogP contribution in [0.1, 0.15) is 11.1 Å². The number of nitrogens with zero attached hydrogens (tertiary/aromatic N) is 2. The molecule has 2 N–H and O–H groups in total. The van der Waals surface area contributed by atoms with E-state index in [1.54, 1.807) is 12.4 Å². The predicted molar refractivity (Wildman–Crippen MR) is 84.7 cm³/mol. The van der Waals surface area contributed by atoms with Gasteiger partial charge >= 0.3 is 0 Å². The lowest BCUT2D eigenvalue weighted by Gasteiger charge is -2.05. The summed E-state index contributed by atoms with van der Waals surface area (Å²) in [6.07, 6.45) is 3.57. The summed E-state index contributed by atoms with van der Waals surface area (Å²) in [4.78, 5) is 9.65. The van der Waals surface area contributed by atoms with Crippen molar-refractivity contribution in [3.63, 3.8) is 0 Å². The van der Waals surface area contributed by atoms with Crippen molar-refractivity contribution in [1.82, 2.24) is 9.97 Å². The van der Waals surface area contributed by atoms with Gasteiger partial charge in [0.1, 0.15) is 0 Å². The van der Waals surface area contributed by atoms with E-state index in [1.165, 1.54) is 22.5 Å². The molecular weight excluding hydrogens is 266 g/mol. The van der Waals surface area contributed by atoms with Crippen molar-refractivity contribution in [2.45, 2.75) is 13.8 Å². The zero-order valence-corrected chi connectivity index (χ0v) is 12.2. The van der Waals surface area contributed by atoms with E-state index in [2.05, 4.69) is 42.0 Å². The molecule has 1 aromatic carbocycles. The molecule has 3 rings (SSSR count). The van der Waals surface area contributed by atoms with Crippen LogP contribution in [0.15, 0.2) is 42.7 Å². The number of rotatable bonds is 2. The molecular formula is C16H15N3S. The molecule has 2 aromatic heterocycles. The number of anilines is 1. The number of nitrogen functional groups attached to an aromatic ring is 1. The van der Waals surface area contributed by atoms with Crippen LogP contribution in [-0.4, -0.2) is 9.97 Å². The van der Waals surface area contributed by atoms with Crippen molar-refractivity contribution < 1.29 is 0 Å². The number of thiazole rings is 1. The van der Waals surface area contributed by atoms with Crippen molar-refractivity contribution in [1.29, 1.82) is 0 Å². The summed E-state index contributed by atoms with van der Waals surface area (Å²) in [6.45, 7) is 4.22. The monoisotopic (exact) mass is 281 g/mol. The van der Waals surface area contributed by atoms with Gasteiger partial charge in [0.15, 0.2) is 5.13 Å². The molecule has 4 heteroatoms. The van der Waals surface area contributed by atoms with Crippen molar-refractivity contribution in [3.8, 4) is 21.7 Å². The summed E-state index contributed by atoms with van der Waals surface area (Å²) < 4.78 is 0. The zero-order valence-electron chi connectivity index (χ0n) is 11.4. The van der Waals surface area contributed by atoms with E-state index < -0.39 is 0 Å². The second kappa shape index (κ2) is 5.06. The highest BCUT2D eigenvalue weighted by Crippen LogP contribution is 2.38. The van der Waals surface area contributed by atoms with E-state index in [0.29, 0.717) is 5.13 Å². The zero-order chi connectivity index (χ0) is 14.1. The lowest BCUT2D eigenvalue weighted by molar-refractivity contribution is 1.32. The second-order valence-electron chi connectivity index (χ2n) is 4.76. The fourth-order valence-corrected chi connectivity index (χ4v) is 2.98. The minimum Gasteiger partial charge on any atom is -0.375 e. The molecule has 0 spiro atoms. The number of aryl methyl sites for hydroxylation is 2. The minimum atomic E-state index is 0.588. The van der Waals surface area contributed by atoms with Gasteiger partial charge in [0.05, 0.1) is 10.6 Å². The molecule has 0 aliphatic rings. The Kier molecular flexibility index (Phi) is 3.24. The third-order valence-electron chi connectivity index (χ3n) is 3.37. The van der Waals surface area contributed by atoms with Crippen LogP contribution in [0.4, 0.5) is 5.13 Å². The molecule has 0 bridgehead atoms. The highest BCUT2D eigenvalue weighted by atomic mass is 32.1. The van der Waals surface area contributed by atoms with Gasteiger partial charge in [-0.3, -0.25) is 4.98 Å². The van der Waals surface area contributed by atoms with E-state index >= 15 is 0 Å². The predicted octanol–water partition coefficient (Wildman–Crippen LogP) is 4.07. The van der Waals surface area contributed by atoms with Crippen molar-refractivity contribution >= 4 is 16.5 Å². The third-order valence-corrected chi connectivity index (χ3v) is 4.30. The van der Waals surface area contributed by atoms with Gasteiger partial charge in [0, 0.05) is 18.0 Å². The van der Waals surface area contributed by atoms with Crippen LogP contribution < -0.4 is 5.73 Å². The Balaban J connectivity index is 2.17. The van der Waals surface area contributed by atoms with Crippen LogP contribution in [0.3, 0.4) is 0 Å². The molecule has 0 unspecified atom stereocenters. The van der Waals surface area contributed by atoms with Gasteiger partial charge in [-0.1, -0.05) is 23.5 Å². The van der Waals surface area contributed by atoms with Crippen molar-refractivity contribution in [2.24, 2.45) is 0 Å². The standard InChI is InChI=1S/C16H15N3S/c1-10-3-4-13(9-11(10)2)14-15(20-16(17)19-14)12-5-7-18-8-6-12/h3-9H,1-2H3,(H2,17,19). The Bertz CT molecular complexity index is 748. The Morgan fingerprint density at radius 2 is 1.70 bits per heavy atom. The largest absolute Gasteiger partial charge is 0.375 e. The maximum atomic E-state index is 5.91. The summed E-state index contributed by atoms with van der Waals surface area (Å²) in [6, 6.07) is 10.3. The first-order valence-electron chi connectivity index (χ1n) is 6.39. The molecule has 0 atom stereocenters. The van der Waals surface area contributed by atoms with Gasteiger partial charge in [-0.15, -0.1) is 0 Å². The first kappa shape index (κ1) is 12.8. The normalized spacial score (nSPS) is 10.7. The quantitative estimate of drug-likeness (QED) is 0.770. The van der Waals surface area contributed by atoms with Gasteiger partial charge < -0.3 is 5.73 Å². The molecule has 3 aromatic rings. The fourth-order valence-electron chi connectivity index (χ4n) is 2.12. The molecule has 2 heterocycles. The molecule has 20 heavy (non-hydrogen) atoms. The summed E-state index contributed by atoms with van der Waals surface area (Å²) in [5.74, 6) is 0. The smallest absolute Gasteiger partial charge is 0.181 e. The first-order chi connectivity index (χ1) is 9.65. The SMILES string of the molecule is Cc1ccc(-c2nc(N)sc2-c2ccncc2)cc1C. The van der Waals surface area contributed by atoms with Gasteiger partial charge in [-0.2, -0.15) is 0 Å². The average molecular weight is 281 g/mol. The summed E-state index contributed by atoms with van der Waals surface area (Å²) in [7, 11) is 0. The van der Waals surface area contributed by atoms with Crippen molar-refractivity contribution in [2.75, 3.05) is 5.73 Å². The lowest BCUT2D eigenvalue weighted by Crippen LogP contribution is -1.87. The van der Waals surface area contributed by atoms with Gasteiger partial charge in [0.25, 0.3) is 0 Å². The molecule has 0 saturated heterocycles. The molecule has 0 saturated carbocycles. The van der Waals surface area contributed by atoms with Crippen LogP contribution in [0.25, 0.3) is 21.7 Å². The van der Waals surface area contributed by atoms with Gasteiger partial charge in [-0.05, 0) is 48.7 Å². The fraction of sp³-hybridized carbons (Fsp3) is 0.125. The van der Waals surface area contributed by atoms with E-state index in [4.69, 9.17) is 5.73 Å². The molecule has 0 aliphatic carbocycles. The van der Waals surface area contributed by atoms with Crippen LogP contribution >= 0.6 is 11.3 Å². The number of aromatic nitrogens is 2. The number of pyridine rings is 1. The van der Waals surface area contributed by atoms with E-state index in [9.17, 15) is 0 Å². The van der Waals surface area contributed by atoms with Crippen molar-refractivity contribution in [3.05, 3.63) is 53.9 Å². The summed E-state index contributed by atoms with van der Waals surface area (Å²) in [5.41, 5.74) is 11.6. The third kappa shape index (κ3) is 2.30. The molecule has 0 fully saturated rings. The second-order valence-corrected chi connectivity index (χ2v) is 5.80. The Labute approximate surface area is 122 Å². The van der Waals surface area contributed by atoms with Gasteiger partial charge in [0.2, 0.25) is 0 Å². The first-order valence-corrected chi connectivity index (χ1v) is 7.21. The minimum absolute atomic E-state index is 0.588. The van der Waals surface area contributed by atoms with Crippen LogP contribution in [-0.2, 0) is 0 Å². The number of hydrogen-bond donors (Lipinski definition) is 1. The van der Waals surface area contributed by atoms with Crippen LogP contribution in [0.5, 0.6) is 0 Å². The van der Waals surface area contributed by atoms with Crippen LogP contribution in [0.2, 0.25) is 0 Å². The topological polar surface area (TPSA) is 51.8 Å². The molecule has 0 amide bonds. The van der Waals surface area contributed by atoms with Crippen LogP contribution in [0, 0.1) is 13.8 Å². The van der Waals surface area contributed by atoms with E-state index in [1.807, 2.05) is 12.1 Å².